The van der Waals surface area contributed by atoms with E-state index in [-0.39, 0.29) is 17.6 Å². The monoisotopic (exact) mass is 238 g/mol. The molecule has 90 valence electrons. The van der Waals surface area contributed by atoms with Crippen LogP contribution in [0.2, 0.25) is 0 Å². The number of amides is 1. The Morgan fingerprint density at radius 3 is 2.82 bits per heavy atom. The number of anilines is 1. The lowest BCUT2D eigenvalue weighted by Gasteiger charge is -2.34. The maximum atomic E-state index is 13.1. The summed E-state index contributed by atoms with van der Waals surface area (Å²) in [6.45, 7) is 2.70. The minimum atomic E-state index is -0.982. The molecule has 1 aromatic rings. The molecule has 1 saturated heterocycles. The number of nitrogens with one attached hydrogen (secondary N) is 1. The normalized spacial score (nSPS) is 26.5. The van der Waals surface area contributed by atoms with E-state index in [4.69, 9.17) is 0 Å². The molecular weight excluding hydrogens is 226 g/mol. The predicted molar refractivity (Wildman–Crippen MR) is 58.6 cm³/mol. The topological polar surface area (TPSA) is 32.3 Å². The third-order valence-electron chi connectivity index (χ3n) is 3.56. The Labute approximate surface area is 97.4 Å². The molecule has 1 amide bonds. The second-order valence-electron chi connectivity index (χ2n) is 4.67. The molecule has 5 heteroatoms. The molecule has 0 bridgehead atoms. The van der Waals surface area contributed by atoms with Gasteiger partial charge in [-0.15, -0.1) is 0 Å². The first kappa shape index (κ1) is 10.5. The van der Waals surface area contributed by atoms with Gasteiger partial charge < -0.3 is 10.2 Å². The second-order valence-corrected chi connectivity index (χ2v) is 4.67. The van der Waals surface area contributed by atoms with Crippen molar-refractivity contribution < 1.29 is 13.6 Å². The van der Waals surface area contributed by atoms with Crippen LogP contribution in [-0.4, -0.2) is 23.5 Å². The van der Waals surface area contributed by atoms with Crippen molar-refractivity contribution in [1.29, 1.82) is 0 Å². The van der Waals surface area contributed by atoms with E-state index in [9.17, 15) is 13.6 Å². The molecular formula is C12H12F2N2O. The fraction of sp³-hybridized carbons (Fsp3) is 0.417. The van der Waals surface area contributed by atoms with Crippen molar-refractivity contribution in [3.63, 3.8) is 0 Å². The minimum Gasteiger partial charge on any atom is -0.364 e. The van der Waals surface area contributed by atoms with Crippen LogP contribution in [0.1, 0.15) is 23.7 Å². The molecule has 2 aliphatic rings. The van der Waals surface area contributed by atoms with Crippen molar-refractivity contribution in [2.24, 2.45) is 5.92 Å². The van der Waals surface area contributed by atoms with Gasteiger partial charge in [-0.05, 0) is 18.4 Å². The lowest BCUT2D eigenvalue weighted by molar-refractivity contribution is 0.0727. The smallest absolute Gasteiger partial charge is 0.257 e. The van der Waals surface area contributed by atoms with E-state index in [1.165, 1.54) is 0 Å². The highest BCUT2D eigenvalue weighted by Crippen LogP contribution is 2.34. The number of nitrogens with zero attached hydrogens (tertiary/aromatic N) is 1. The standard InChI is InChI=1S/C12H12F2N2O/c1-6-2-3-16-11(6)15-10-5-9(14)8(13)4-7(10)12(16)17/h4-6,11,15H,2-3H2,1H3. The van der Waals surface area contributed by atoms with Gasteiger partial charge in [-0.1, -0.05) is 6.92 Å². The van der Waals surface area contributed by atoms with Crippen LogP contribution in [0.25, 0.3) is 0 Å². The van der Waals surface area contributed by atoms with E-state index < -0.39 is 11.6 Å². The van der Waals surface area contributed by atoms with E-state index in [0.717, 1.165) is 18.6 Å². The highest BCUT2D eigenvalue weighted by molar-refractivity contribution is 6.01. The third kappa shape index (κ3) is 1.41. The van der Waals surface area contributed by atoms with Crippen molar-refractivity contribution in [3.8, 4) is 0 Å². The zero-order valence-electron chi connectivity index (χ0n) is 9.34. The SMILES string of the molecule is CC1CCN2C(=O)c3cc(F)c(F)cc3NC12. The molecule has 0 radical (unpaired) electrons. The summed E-state index contributed by atoms with van der Waals surface area (Å²) in [6, 6.07) is 2.03. The van der Waals surface area contributed by atoms with Crippen molar-refractivity contribution in [2.45, 2.75) is 19.5 Å². The maximum absolute atomic E-state index is 13.1. The largest absolute Gasteiger partial charge is 0.364 e. The first-order valence-corrected chi connectivity index (χ1v) is 5.64. The Kier molecular flexibility index (Phi) is 2.11. The summed E-state index contributed by atoms with van der Waals surface area (Å²) in [5.74, 6) is -1.81. The van der Waals surface area contributed by atoms with E-state index in [1.54, 1.807) is 4.90 Å². The second kappa shape index (κ2) is 3.42. The number of benzene rings is 1. The van der Waals surface area contributed by atoms with Gasteiger partial charge in [0.1, 0.15) is 6.17 Å². The quantitative estimate of drug-likeness (QED) is 0.751. The van der Waals surface area contributed by atoms with Crippen LogP contribution in [-0.2, 0) is 0 Å². The minimum absolute atomic E-state index is 0.0974. The Hall–Kier alpha value is -1.65. The lowest BCUT2D eigenvalue weighted by Crippen LogP contribution is -2.46. The summed E-state index contributed by atoms with van der Waals surface area (Å²) in [7, 11) is 0. The molecule has 2 aliphatic heterocycles. The molecule has 2 unspecified atom stereocenters. The molecule has 1 N–H and O–H groups in total. The van der Waals surface area contributed by atoms with Crippen molar-refractivity contribution in [1.82, 2.24) is 4.90 Å². The number of carbonyl (C=O) groups is 1. The molecule has 2 heterocycles. The molecule has 1 fully saturated rings. The van der Waals surface area contributed by atoms with Gasteiger partial charge in [0.05, 0.1) is 11.3 Å². The van der Waals surface area contributed by atoms with Gasteiger partial charge in [0.2, 0.25) is 0 Å². The van der Waals surface area contributed by atoms with E-state index in [0.29, 0.717) is 18.2 Å². The lowest BCUT2D eigenvalue weighted by atomic mass is 10.0. The van der Waals surface area contributed by atoms with Crippen molar-refractivity contribution >= 4 is 11.6 Å². The molecule has 0 saturated carbocycles. The van der Waals surface area contributed by atoms with Gasteiger partial charge in [-0.2, -0.15) is 0 Å². The van der Waals surface area contributed by atoms with Gasteiger partial charge in [-0.3, -0.25) is 4.79 Å². The number of carbonyl (C=O) groups excluding carboxylic acids is 1. The van der Waals surface area contributed by atoms with Gasteiger partial charge in [0, 0.05) is 12.6 Å². The van der Waals surface area contributed by atoms with E-state index >= 15 is 0 Å². The van der Waals surface area contributed by atoms with Crippen LogP contribution in [0.15, 0.2) is 12.1 Å². The Morgan fingerprint density at radius 1 is 1.35 bits per heavy atom. The summed E-state index contributed by atoms with van der Waals surface area (Å²) >= 11 is 0. The first-order chi connectivity index (χ1) is 8.08. The van der Waals surface area contributed by atoms with Gasteiger partial charge >= 0.3 is 0 Å². The summed E-state index contributed by atoms with van der Waals surface area (Å²) in [6.07, 6.45) is 0.808. The molecule has 3 nitrogen and oxygen atoms in total. The molecule has 0 spiro atoms. The van der Waals surface area contributed by atoms with Gasteiger partial charge in [-0.25, -0.2) is 8.78 Å². The Balaban J connectivity index is 2.09. The first-order valence-electron chi connectivity index (χ1n) is 5.64. The predicted octanol–water partition coefficient (Wildman–Crippen LogP) is 2.20. The zero-order chi connectivity index (χ0) is 12.2. The van der Waals surface area contributed by atoms with E-state index in [2.05, 4.69) is 5.32 Å². The Bertz CT molecular complexity index is 504. The van der Waals surface area contributed by atoms with Crippen LogP contribution in [0, 0.1) is 17.6 Å². The average molecular weight is 238 g/mol. The fourth-order valence-corrected chi connectivity index (χ4v) is 2.55. The summed E-state index contributed by atoms with van der Waals surface area (Å²) < 4.78 is 26.3. The fourth-order valence-electron chi connectivity index (χ4n) is 2.55. The van der Waals surface area contributed by atoms with Crippen molar-refractivity contribution in [2.75, 3.05) is 11.9 Å². The summed E-state index contributed by atoms with van der Waals surface area (Å²) in [4.78, 5) is 13.8. The van der Waals surface area contributed by atoms with Crippen molar-refractivity contribution in [3.05, 3.63) is 29.3 Å². The Morgan fingerprint density at radius 2 is 2.06 bits per heavy atom. The average Bonchev–Trinajstić information content (AvgIpc) is 2.65. The highest BCUT2D eigenvalue weighted by Gasteiger charge is 2.39. The van der Waals surface area contributed by atoms with Crippen LogP contribution < -0.4 is 5.32 Å². The molecule has 0 aromatic heterocycles. The molecule has 3 rings (SSSR count). The highest BCUT2D eigenvalue weighted by atomic mass is 19.2. The summed E-state index contributed by atoms with van der Waals surface area (Å²) in [5.41, 5.74) is 0.609. The number of rotatable bonds is 0. The molecule has 17 heavy (non-hydrogen) atoms. The zero-order valence-corrected chi connectivity index (χ0v) is 9.34. The van der Waals surface area contributed by atoms with Crippen LogP contribution in [0.4, 0.5) is 14.5 Å². The van der Waals surface area contributed by atoms with Gasteiger partial charge in [0.25, 0.3) is 5.91 Å². The number of hydrogen-bond acceptors (Lipinski definition) is 2. The van der Waals surface area contributed by atoms with Crippen LogP contribution >= 0.6 is 0 Å². The van der Waals surface area contributed by atoms with Gasteiger partial charge in [0.15, 0.2) is 11.6 Å². The third-order valence-corrected chi connectivity index (χ3v) is 3.56. The number of hydrogen-bond donors (Lipinski definition) is 1. The molecule has 0 aliphatic carbocycles. The number of halogens is 2. The van der Waals surface area contributed by atoms with Crippen LogP contribution in [0.5, 0.6) is 0 Å². The molecule has 2 atom stereocenters. The summed E-state index contributed by atoms with van der Waals surface area (Å²) in [5, 5.41) is 3.11. The van der Waals surface area contributed by atoms with E-state index in [1.807, 2.05) is 6.92 Å². The molecule has 1 aromatic carbocycles. The van der Waals surface area contributed by atoms with Crippen LogP contribution in [0.3, 0.4) is 0 Å². The maximum Gasteiger partial charge on any atom is 0.257 e. The number of fused-ring (bicyclic) bond motifs is 2.